The Morgan fingerprint density at radius 2 is 1.94 bits per heavy atom. The zero-order valence-corrected chi connectivity index (χ0v) is 10.1. The molecule has 18 heavy (non-hydrogen) atoms. The monoisotopic (exact) mass is 244 g/mol. The lowest BCUT2D eigenvalue weighted by Gasteiger charge is -2.12. The lowest BCUT2D eigenvalue weighted by molar-refractivity contribution is 0.0943. The average molecular weight is 244 g/mol. The summed E-state index contributed by atoms with van der Waals surface area (Å²) in [5, 5.41) is 0. The van der Waals surface area contributed by atoms with Crippen molar-refractivity contribution in [2.45, 2.75) is 6.92 Å². The largest absolute Gasteiger partial charge is 0.468 e. The molecule has 0 amide bonds. The van der Waals surface area contributed by atoms with E-state index in [1.54, 1.807) is 31.2 Å². The maximum Gasteiger partial charge on any atom is 0.306 e. The molecule has 1 heterocycles. The van der Waals surface area contributed by atoms with Crippen molar-refractivity contribution in [3.63, 3.8) is 0 Å². The van der Waals surface area contributed by atoms with E-state index in [0.29, 0.717) is 11.3 Å². The van der Waals surface area contributed by atoms with Crippen LogP contribution in [0.15, 0.2) is 41.2 Å². The summed E-state index contributed by atoms with van der Waals surface area (Å²) >= 11 is 0. The molecule has 92 valence electrons. The molecule has 5 heteroatoms. The van der Waals surface area contributed by atoms with Gasteiger partial charge < -0.3 is 4.74 Å². The van der Waals surface area contributed by atoms with Crippen LogP contribution in [0.5, 0.6) is 6.01 Å². The van der Waals surface area contributed by atoms with Gasteiger partial charge in [0.2, 0.25) is 0 Å². The maximum absolute atomic E-state index is 12.3. The van der Waals surface area contributed by atoms with Gasteiger partial charge in [0.05, 0.1) is 7.11 Å². The minimum atomic E-state index is -0.429. The Hall–Kier alpha value is -2.43. The minimum Gasteiger partial charge on any atom is -0.468 e. The summed E-state index contributed by atoms with van der Waals surface area (Å²) < 4.78 is 6.26. The number of carbonyl (C=O) groups is 1. The van der Waals surface area contributed by atoms with Gasteiger partial charge in [-0.1, -0.05) is 18.2 Å². The Bertz CT molecular complexity index is 632. The molecular weight excluding hydrogens is 232 g/mol. The quantitative estimate of drug-likeness (QED) is 0.797. The Morgan fingerprint density at radius 3 is 2.56 bits per heavy atom. The SMILES string of the molecule is COc1nc(=O)cc(C)n1C(=O)c1ccccc1. The van der Waals surface area contributed by atoms with Gasteiger partial charge in [0.1, 0.15) is 0 Å². The van der Waals surface area contributed by atoms with Crippen molar-refractivity contribution < 1.29 is 9.53 Å². The number of nitrogens with zero attached hydrogens (tertiary/aromatic N) is 2. The van der Waals surface area contributed by atoms with Crippen LogP contribution in [0.1, 0.15) is 16.1 Å². The van der Waals surface area contributed by atoms with E-state index >= 15 is 0 Å². The van der Waals surface area contributed by atoms with Crippen LogP contribution in [0.25, 0.3) is 0 Å². The van der Waals surface area contributed by atoms with Crippen molar-refractivity contribution >= 4 is 5.91 Å². The first-order chi connectivity index (χ1) is 8.63. The van der Waals surface area contributed by atoms with Gasteiger partial charge >= 0.3 is 6.01 Å². The van der Waals surface area contributed by atoms with Gasteiger partial charge in [-0.15, -0.1) is 0 Å². The Balaban J connectivity index is 2.58. The number of hydrogen-bond acceptors (Lipinski definition) is 4. The summed E-state index contributed by atoms with van der Waals surface area (Å²) in [6, 6.07) is 10.0. The van der Waals surface area contributed by atoms with Gasteiger partial charge in [-0.3, -0.25) is 9.59 Å². The predicted molar refractivity (Wildman–Crippen MR) is 66.0 cm³/mol. The smallest absolute Gasteiger partial charge is 0.306 e. The van der Waals surface area contributed by atoms with Crippen LogP contribution in [0.3, 0.4) is 0 Å². The van der Waals surface area contributed by atoms with E-state index in [9.17, 15) is 9.59 Å². The van der Waals surface area contributed by atoms with Crippen LogP contribution in [-0.4, -0.2) is 22.6 Å². The van der Waals surface area contributed by atoms with Crippen molar-refractivity contribution in [2.75, 3.05) is 7.11 Å². The van der Waals surface area contributed by atoms with Gasteiger partial charge in [0, 0.05) is 17.3 Å². The molecule has 0 N–H and O–H groups in total. The second-order valence-corrected chi connectivity index (χ2v) is 3.73. The molecule has 1 aromatic heterocycles. The molecule has 0 saturated carbocycles. The van der Waals surface area contributed by atoms with Crippen LogP contribution < -0.4 is 10.3 Å². The summed E-state index contributed by atoms with van der Waals surface area (Å²) in [6.45, 7) is 1.66. The number of ether oxygens (including phenoxy) is 1. The molecule has 1 aromatic carbocycles. The number of rotatable bonds is 2. The molecule has 2 aromatic rings. The van der Waals surface area contributed by atoms with E-state index < -0.39 is 5.56 Å². The molecule has 0 bridgehead atoms. The summed E-state index contributed by atoms with van der Waals surface area (Å²) in [6.07, 6.45) is 0. The second kappa shape index (κ2) is 4.83. The lowest BCUT2D eigenvalue weighted by Crippen LogP contribution is -2.22. The number of benzene rings is 1. The van der Waals surface area contributed by atoms with E-state index in [4.69, 9.17) is 4.74 Å². The van der Waals surface area contributed by atoms with Gasteiger partial charge in [-0.25, -0.2) is 4.57 Å². The summed E-state index contributed by atoms with van der Waals surface area (Å²) in [4.78, 5) is 27.2. The first kappa shape index (κ1) is 12.0. The van der Waals surface area contributed by atoms with Crippen LogP contribution >= 0.6 is 0 Å². The third-order valence-electron chi connectivity index (χ3n) is 2.49. The molecule has 0 aliphatic carbocycles. The fourth-order valence-electron chi connectivity index (χ4n) is 1.66. The third kappa shape index (κ3) is 2.15. The molecular formula is C13H12N2O3. The normalized spacial score (nSPS) is 10.1. The zero-order chi connectivity index (χ0) is 13.1. The summed E-state index contributed by atoms with van der Waals surface area (Å²) in [5.41, 5.74) is 0.562. The minimum absolute atomic E-state index is 0.00569. The number of methoxy groups -OCH3 is 1. The van der Waals surface area contributed by atoms with E-state index in [1.165, 1.54) is 17.7 Å². The highest BCUT2D eigenvalue weighted by Crippen LogP contribution is 2.11. The molecule has 0 spiro atoms. The Morgan fingerprint density at radius 1 is 1.28 bits per heavy atom. The first-order valence-electron chi connectivity index (χ1n) is 5.38. The molecule has 0 radical (unpaired) electrons. The second-order valence-electron chi connectivity index (χ2n) is 3.73. The van der Waals surface area contributed by atoms with Crippen LogP contribution in [0.4, 0.5) is 0 Å². The molecule has 0 aliphatic heterocycles. The number of aromatic nitrogens is 2. The van der Waals surface area contributed by atoms with Gasteiger partial charge in [0.25, 0.3) is 11.5 Å². The average Bonchev–Trinajstić information content (AvgIpc) is 2.38. The van der Waals surface area contributed by atoms with Crippen molar-refractivity contribution in [1.29, 1.82) is 0 Å². The van der Waals surface area contributed by atoms with E-state index in [-0.39, 0.29) is 11.9 Å². The van der Waals surface area contributed by atoms with Gasteiger partial charge in [-0.2, -0.15) is 4.98 Å². The van der Waals surface area contributed by atoms with Crippen molar-refractivity contribution in [3.05, 3.63) is 58.0 Å². The third-order valence-corrected chi connectivity index (χ3v) is 2.49. The predicted octanol–water partition coefficient (Wildman–Crippen LogP) is 1.25. The Kier molecular flexibility index (Phi) is 3.23. The highest BCUT2D eigenvalue weighted by Gasteiger charge is 2.15. The van der Waals surface area contributed by atoms with E-state index in [1.807, 2.05) is 6.07 Å². The molecule has 0 fully saturated rings. The van der Waals surface area contributed by atoms with Crippen molar-refractivity contribution in [2.24, 2.45) is 0 Å². The molecule has 0 atom stereocenters. The van der Waals surface area contributed by atoms with E-state index in [0.717, 1.165) is 0 Å². The van der Waals surface area contributed by atoms with Crippen LogP contribution in [0, 0.1) is 6.92 Å². The number of carbonyl (C=O) groups excluding carboxylic acids is 1. The Labute approximate surface area is 104 Å². The molecule has 2 rings (SSSR count). The standard InChI is InChI=1S/C13H12N2O3/c1-9-8-11(16)14-13(18-2)15(9)12(17)10-6-4-3-5-7-10/h3-8H,1-2H3. The maximum atomic E-state index is 12.3. The topological polar surface area (TPSA) is 61.2 Å². The van der Waals surface area contributed by atoms with Crippen molar-refractivity contribution in [3.8, 4) is 6.01 Å². The van der Waals surface area contributed by atoms with Crippen LogP contribution in [0.2, 0.25) is 0 Å². The molecule has 0 unspecified atom stereocenters. The molecule has 5 nitrogen and oxygen atoms in total. The summed E-state index contributed by atoms with van der Waals surface area (Å²) in [5.74, 6) is -0.280. The summed E-state index contributed by atoms with van der Waals surface area (Å²) in [7, 11) is 1.37. The van der Waals surface area contributed by atoms with Gasteiger partial charge in [-0.05, 0) is 19.1 Å². The fraction of sp³-hybridized carbons (Fsp3) is 0.154. The lowest BCUT2D eigenvalue weighted by atomic mass is 10.2. The zero-order valence-electron chi connectivity index (χ0n) is 10.1. The highest BCUT2D eigenvalue weighted by atomic mass is 16.5. The highest BCUT2D eigenvalue weighted by molar-refractivity contribution is 5.96. The molecule has 0 aliphatic rings. The number of hydrogen-bond donors (Lipinski definition) is 0. The number of aryl methyl sites for hydroxylation is 1. The first-order valence-corrected chi connectivity index (χ1v) is 5.38. The van der Waals surface area contributed by atoms with Crippen LogP contribution in [-0.2, 0) is 0 Å². The fourth-order valence-corrected chi connectivity index (χ4v) is 1.66. The molecule has 0 saturated heterocycles. The van der Waals surface area contributed by atoms with E-state index in [2.05, 4.69) is 4.98 Å². The van der Waals surface area contributed by atoms with Gasteiger partial charge in [0.15, 0.2) is 0 Å². The van der Waals surface area contributed by atoms with Crippen molar-refractivity contribution in [1.82, 2.24) is 9.55 Å².